The fourth-order valence-electron chi connectivity index (χ4n) is 2.29. The molecule has 0 aliphatic carbocycles. The van der Waals surface area contributed by atoms with Crippen LogP contribution < -0.4 is 15.8 Å². The van der Waals surface area contributed by atoms with Gasteiger partial charge in [0.2, 0.25) is 5.91 Å². The lowest BCUT2D eigenvalue weighted by atomic mass is 9.92. The molecule has 1 aromatic rings. The Kier molecular flexibility index (Phi) is 6.69. The van der Waals surface area contributed by atoms with E-state index in [-0.39, 0.29) is 17.6 Å². The van der Waals surface area contributed by atoms with Crippen LogP contribution in [0.1, 0.15) is 46.1 Å². The number of benzene rings is 1. The number of ether oxygens (including phenoxy) is 1. The van der Waals surface area contributed by atoms with Crippen LogP contribution in [0.4, 0.5) is 0 Å². The average molecular weight is 292 g/mol. The maximum Gasteiger partial charge on any atom is 0.224 e. The zero-order valence-corrected chi connectivity index (χ0v) is 13.6. The maximum absolute atomic E-state index is 12.2. The van der Waals surface area contributed by atoms with E-state index in [4.69, 9.17) is 10.5 Å². The molecule has 0 saturated heterocycles. The van der Waals surface area contributed by atoms with Crippen LogP contribution in [0.5, 0.6) is 5.75 Å². The lowest BCUT2D eigenvalue weighted by molar-refractivity contribution is -0.122. The number of amides is 1. The Morgan fingerprint density at radius 1 is 1.33 bits per heavy atom. The minimum absolute atomic E-state index is 0.00541. The van der Waals surface area contributed by atoms with Crippen molar-refractivity contribution in [2.24, 2.45) is 5.73 Å². The molecule has 0 fully saturated rings. The van der Waals surface area contributed by atoms with E-state index in [2.05, 4.69) is 5.32 Å². The van der Waals surface area contributed by atoms with Gasteiger partial charge in [0.25, 0.3) is 0 Å². The van der Waals surface area contributed by atoms with Crippen LogP contribution >= 0.6 is 0 Å². The third-order valence-electron chi connectivity index (χ3n) is 3.78. The molecule has 0 aliphatic rings. The first-order valence-corrected chi connectivity index (χ1v) is 7.71. The monoisotopic (exact) mass is 292 g/mol. The summed E-state index contributed by atoms with van der Waals surface area (Å²) >= 11 is 0. The zero-order valence-electron chi connectivity index (χ0n) is 13.6. The summed E-state index contributed by atoms with van der Waals surface area (Å²) in [6, 6.07) is 7.68. The first-order valence-electron chi connectivity index (χ1n) is 7.71. The van der Waals surface area contributed by atoms with Gasteiger partial charge in [-0.2, -0.15) is 0 Å². The van der Waals surface area contributed by atoms with E-state index in [1.54, 1.807) is 0 Å². The van der Waals surface area contributed by atoms with Crippen molar-refractivity contribution in [1.82, 2.24) is 5.32 Å². The van der Waals surface area contributed by atoms with Gasteiger partial charge in [-0.3, -0.25) is 4.79 Å². The predicted octanol–water partition coefficient (Wildman–Crippen LogP) is 2.65. The Balaban J connectivity index is 2.70. The summed E-state index contributed by atoms with van der Waals surface area (Å²) in [5, 5.41) is 3.08. The summed E-state index contributed by atoms with van der Waals surface area (Å²) in [7, 11) is 0. The number of nitrogens with two attached hydrogens (primary N) is 1. The standard InChI is InChI=1S/C17H28N2O2/c1-5-17(6-2,12-18)19-16(20)11-14-8-7-9-15(10-14)21-13(3)4/h7-10,13H,5-6,11-12,18H2,1-4H3,(H,19,20). The lowest BCUT2D eigenvalue weighted by Gasteiger charge is -2.31. The van der Waals surface area contributed by atoms with Crippen LogP contribution in [0.25, 0.3) is 0 Å². The normalized spacial score (nSPS) is 11.5. The van der Waals surface area contributed by atoms with Crippen molar-refractivity contribution in [2.75, 3.05) is 6.54 Å². The number of rotatable bonds is 8. The second-order valence-electron chi connectivity index (χ2n) is 5.73. The Morgan fingerprint density at radius 3 is 2.52 bits per heavy atom. The SMILES string of the molecule is CCC(CC)(CN)NC(=O)Cc1cccc(OC(C)C)c1. The molecule has 1 amide bonds. The molecule has 4 nitrogen and oxygen atoms in total. The molecule has 0 spiro atoms. The molecule has 0 aliphatic heterocycles. The molecule has 0 unspecified atom stereocenters. The first-order chi connectivity index (χ1) is 9.94. The van der Waals surface area contributed by atoms with E-state index in [0.29, 0.717) is 13.0 Å². The molecule has 118 valence electrons. The van der Waals surface area contributed by atoms with Crippen LogP contribution in [0.15, 0.2) is 24.3 Å². The molecule has 4 heteroatoms. The third kappa shape index (κ3) is 5.38. The second-order valence-corrected chi connectivity index (χ2v) is 5.73. The quantitative estimate of drug-likeness (QED) is 0.774. The maximum atomic E-state index is 12.2. The Morgan fingerprint density at radius 2 is 2.00 bits per heavy atom. The summed E-state index contributed by atoms with van der Waals surface area (Å²) in [6.45, 7) is 8.53. The largest absolute Gasteiger partial charge is 0.491 e. The van der Waals surface area contributed by atoms with Crippen LogP contribution in [-0.4, -0.2) is 24.1 Å². The van der Waals surface area contributed by atoms with Crippen molar-refractivity contribution in [3.8, 4) is 5.75 Å². The van der Waals surface area contributed by atoms with Crippen LogP contribution in [0, 0.1) is 0 Å². The van der Waals surface area contributed by atoms with Gasteiger partial charge in [-0.05, 0) is 44.4 Å². The number of carbonyl (C=O) groups excluding carboxylic acids is 1. The van der Waals surface area contributed by atoms with Gasteiger partial charge < -0.3 is 15.8 Å². The van der Waals surface area contributed by atoms with Crippen molar-refractivity contribution >= 4 is 5.91 Å². The van der Waals surface area contributed by atoms with Crippen molar-refractivity contribution < 1.29 is 9.53 Å². The Labute approximate surface area is 128 Å². The summed E-state index contributed by atoms with van der Waals surface area (Å²) < 4.78 is 5.65. The minimum atomic E-state index is -0.289. The summed E-state index contributed by atoms with van der Waals surface area (Å²) in [5.74, 6) is 0.803. The molecule has 3 N–H and O–H groups in total. The third-order valence-corrected chi connectivity index (χ3v) is 3.78. The molecule has 1 aromatic carbocycles. The second kappa shape index (κ2) is 8.03. The molecular formula is C17H28N2O2. The van der Waals surface area contributed by atoms with E-state index in [1.807, 2.05) is 52.0 Å². The highest BCUT2D eigenvalue weighted by Crippen LogP contribution is 2.17. The fraction of sp³-hybridized carbons (Fsp3) is 0.588. The minimum Gasteiger partial charge on any atom is -0.491 e. The molecule has 1 rings (SSSR count). The molecule has 0 bridgehead atoms. The van der Waals surface area contributed by atoms with Crippen LogP contribution in [-0.2, 0) is 11.2 Å². The van der Waals surface area contributed by atoms with Gasteiger partial charge in [0.1, 0.15) is 5.75 Å². The van der Waals surface area contributed by atoms with Gasteiger partial charge >= 0.3 is 0 Å². The van der Waals surface area contributed by atoms with E-state index < -0.39 is 0 Å². The molecule has 0 heterocycles. The highest BCUT2D eigenvalue weighted by molar-refractivity contribution is 5.79. The number of hydrogen-bond donors (Lipinski definition) is 2. The summed E-state index contributed by atoms with van der Waals surface area (Å²) in [5.41, 5.74) is 6.47. The number of hydrogen-bond acceptors (Lipinski definition) is 3. The highest BCUT2D eigenvalue weighted by atomic mass is 16.5. The van der Waals surface area contributed by atoms with Gasteiger partial charge in [0.15, 0.2) is 0 Å². The molecule has 0 aromatic heterocycles. The molecule has 0 radical (unpaired) electrons. The van der Waals surface area contributed by atoms with Gasteiger partial charge in [0.05, 0.1) is 18.1 Å². The number of nitrogens with one attached hydrogen (secondary N) is 1. The van der Waals surface area contributed by atoms with Crippen LogP contribution in [0.3, 0.4) is 0 Å². The molecule has 0 atom stereocenters. The van der Waals surface area contributed by atoms with E-state index in [9.17, 15) is 4.79 Å². The van der Waals surface area contributed by atoms with Crippen molar-refractivity contribution in [1.29, 1.82) is 0 Å². The van der Waals surface area contributed by atoms with Gasteiger partial charge in [-0.15, -0.1) is 0 Å². The van der Waals surface area contributed by atoms with Crippen molar-refractivity contribution in [3.05, 3.63) is 29.8 Å². The van der Waals surface area contributed by atoms with Crippen molar-refractivity contribution in [3.63, 3.8) is 0 Å². The fourth-order valence-corrected chi connectivity index (χ4v) is 2.29. The average Bonchev–Trinajstić information content (AvgIpc) is 2.44. The summed E-state index contributed by atoms with van der Waals surface area (Å²) in [6.07, 6.45) is 2.14. The van der Waals surface area contributed by atoms with E-state index >= 15 is 0 Å². The van der Waals surface area contributed by atoms with Gasteiger partial charge in [-0.25, -0.2) is 0 Å². The Bertz CT molecular complexity index is 446. The van der Waals surface area contributed by atoms with Crippen molar-refractivity contribution in [2.45, 2.75) is 58.6 Å². The van der Waals surface area contributed by atoms with Gasteiger partial charge in [-0.1, -0.05) is 26.0 Å². The molecule has 21 heavy (non-hydrogen) atoms. The predicted molar refractivity (Wildman–Crippen MR) is 86.4 cm³/mol. The Hall–Kier alpha value is -1.55. The van der Waals surface area contributed by atoms with Crippen LogP contribution in [0.2, 0.25) is 0 Å². The molecule has 0 saturated carbocycles. The zero-order chi connectivity index (χ0) is 15.9. The van der Waals surface area contributed by atoms with Gasteiger partial charge in [0, 0.05) is 6.54 Å². The smallest absolute Gasteiger partial charge is 0.224 e. The summed E-state index contributed by atoms with van der Waals surface area (Å²) in [4.78, 5) is 12.2. The lowest BCUT2D eigenvalue weighted by Crippen LogP contribution is -2.53. The first kappa shape index (κ1) is 17.5. The molecular weight excluding hydrogens is 264 g/mol. The number of carbonyl (C=O) groups is 1. The highest BCUT2D eigenvalue weighted by Gasteiger charge is 2.26. The van der Waals surface area contributed by atoms with E-state index in [1.165, 1.54) is 0 Å². The van der Waals surface area contributed by atoms with E-state index in [0.717, 1.165) is 24.2 Å². The topological polar surface area (TPSA) is 64.3 Å².